The second-order valence-corrected chi connectivity index (χ2v) is 7.58. The molecule has 3 aromatic rings. The number of nitrogens with one attached hydrogen (secondary N) is 2. The highest BCUT2D eigenvalue weighted by atomic mass is 32.2. The lowest BCUT2D eigenvalue weighted by Crippen LogP contribution is -2.23. The summed E-state index contributed by atoms with van der Waals surface area (Å²) in [6.07, 6.45) is -1.44. The first kappa shape index (κ1) is 20.3. The minimum absolute atomic E-state index is 0.00942. The van der Waals surface area contributed by atoms with Crippen LogP contribution in [0.3, 0.4) is 0 Å². The smallest absolute Gasteiger partial charge is 0.406 e. The van der Waals surface area contributed by atoms with Crippen LogP contribution in [-0.4, -0.2) is 37.6 Å². The van der Waals surface area contributed by atoms with Crippen molar-refractivity contribution in [2.75, 3.05) is 11.1 Å². The van der Waals surface area contributed by atoms with Crippen LogP contribution in [0.15, 0.2) is 34.2 Å². The van der Waals surface area contributed by atoms with Crippen LogP contribution in [0.5, 0.6) is 5.75 Å². The zero-order chi connectivity index (χ0) is 21.3. The van der Waals surface area contributed by atoms with Crippen molar-refractivity contribution in [1.29, 1.82) is 0 Å². The number of halogens is 3. The van der Waals surface area contributed by atoms with Crippen molar-refractivity contribution in [3.05, 3.63) is 45.9 Å². The SMILES string of the molecule is O=C(CSc1nnc2[nH]c(=O)c3c(n12)CCCC3)Nc1ccc(OC(F)(F)F)cc1. The number of nitrogens with zero attached hydrogens (tertiary/aromatic N) is 3. The third-order valence-electron chi connectivity index (χ3n) is 4.55. The number of amides is 1. The molecule has 2 aromatic heterocycles. The number of alkyl halides is 3. The molecule has 8 nitrogen and oxygen atoms in total. The van der Waals surface area contributed by atoms with E-state index >= 15 is 0 Å². The number of aryl methyl sites for hydroxylation is 1. The second-order valence-electron chi connectivity index (χ2n) is 6.64. The number of carbonyl (C=O) groups excluding carboxylic acids is 1. The highest BCUT2D eigenvalue weighted by molar-refractivity contribution is 7.99. The Morgan fingerprint density at radius 2 is 1.93 bits per heavy atom. The lowest BCUT2D eigenvalue weighted by atomic mass is 9.97. The molecule has 1 aliphatic carbocycles. The van der Waals surface area contributed by atoms with Crippen molar-refractivity contribution in [2.24, 2.45) is 0 Å². The quantitative estimate of drug-likeness (QED) is 0.593. The number of ether oxygens (including phenoxy) is 1. The summed E-state index contributed by atoms with van der Waals surface area (Å²) in [6.45, 7) is 0. The standard InChI is InChI=1S/C18H16F3N5O3S/c19-18(20,21)29-11-7-5-10(6-8-11)22-14(27)9-30-17-25-24-16-23-15(28)12-3-1-2-4-13(12)26(16)17/h5-8H,1-4,9H2,(H,22,27)(H,23,24,28). The summed E-state index contributed by atoms with van der Waals surface area (Å²) >= 11 is 1.16. The Balaban J connectivity index is 1.43. The molecule has 0 fully saturated rings. The van der Waals surface area contributed by atoms with Crippen molar-refractivity contribution in [3.8, 4) is 5.75 Å². The van der Waals surface area contributed by atoms with Gasteiger partial charge in [-0.15, -0.1) is 23.4 Å². The van der Waals surface area contributed by atoms with Crippen LogP contribution in [0, 0.1) is 0 Å². The summed E-state index contributed by atoms with van der Waals surface area (Å²) in [5, 5.41) is 11.2. The summed E-state index contributed by atoms with van der Waals surface area (Å²) in [6, 6.07) is 4.87. The van der Waals surface area contributed by atoms with Gasteiger partial charge in [0.2, 0.25) is 11.7 Å². The molecule has 0 radical (unpaired) electrons. The van der Waals surface area contributed by atoms with E-state index in [0.29, 0.717) is 23.0 Å². The normalized spacial score (nSPS) is 13.8. The summed E-state index contributed by atoms with van der Waals surface area (Å²) < 4.78 is 42.2. The van der Waals surface area contributed by atoms with E-state index in [1.54, 1.807) is 4.40 Å². The molecule has 0 aliphatic heterocycles. The maximum atomic E-state index is 12.2. The minimum Gasteiger partial charge on any atom is -0.406 e. The molecule has 0 saturated carbocycles. The molecule has 0 spiro atoms. The Labute approximate surface area is 171 Å². The maximum Gasteiger partial charge on any atom is 0.573 e. The molecule has 2 heterocycles. The molecule has 0 unspecified atom stereocenters. The van der Waals surface area contributed by atoms with Gasteiger partial charge in [0, 0.05) is 16.9 Å². The van der Waals surface area contributed by atoms with E-state index < -0.39 is 6.36 Å². The number of benzene rings is 1. The molecule has 1 amide bonds. The highest BCUT2D eigenvalue weighted by Gasteiger charge is 2.31. The van der Waals surface area contributed by atoms with Gasteiger partial charge in [0.15, 0.2) is 5.16 Å². The van der Waals surface area contributed by atoms with Crippen LogP contribution in [0.1, 0.15) is 24.1 Å². The molecule has 0 saturated heterocycles. The molecular formula is C18H16F3N5O3S. The molecule has 0 atom stereocenters. The van der Waals surface area contributed by atoms with Crippen LogP contribution in [0.25, 0.3) is 5.78 Å². The Morgan fingerprint density at radius 3 is 2.67 bits per heavy atom. The van der Waals surface area contributed by atoms with E-state index in [0.717, 1.165) is 54.4 Å². The first-order valence-electron chi connectivity index (χ1n) is 9.08. The Morgan fingerprint density at radius 1 is 1.20 bits per heavy atom. The molecule has 2 N–H and O–H groups in total. The van der Waals surface area contributed by atoms with E-state index in [9.17, 15) is 22.8 Å². The molecular weight excluding hydrogens is 423 g/mol. The number of aromatic amines is 1. The number of fused-ring (bicyclic) bond motifs is 3. The third kappa shape index (κ3) is 4.42. The number of thioether (sulfide) groups is 1. The van der Waals surface area contributed by atoms with Gasteiger partial charge in [0.1, 0.15) is 5.75 Å². The number of carbonyl (C=O) groups is 1. The fraction of sp³-hybridized carbons (Fsp3) is 0.333. The Bertz CT molecular complexity index is 1140. The van der Waals surface area contributed by atoms with Gasteiger partial charge in [0.05, 0.1) is 5.75 Å². The molecule has 4 rings (SSSR count). The molecule has 0 bridgehead atoms. The largest absolute Gasteiger partial charge is 0.573 e. The van der Waals surface area contributed by atoms with Gasteiger partial charge in [-0.1, -0.05) is 11.8 Å². The zero-order valence-corrected chi connectivity index (χ0v) is 16.3. The number of hydrogen-bond donors (Lipinski definition) is 2. The lowest BCUT2D eigenvalue weighted by molar-refractivity contribution is -0.274. The maximum absolute atomic E-state index is 12.2. The van der Waals surface area contributed by atoms with Crippen LogP contribution in [0.2, 0.25) is 0 Å². The monoisotopic (exact) mass is 439 g/mol. The first-order chi connectivity index (χ1) is 14.3. The first-order valence-corrected chi connectivity index (χ1v) is 10.1. The van der Waals surface area contributed by atoms with Crippen LogP contribution < -0.4 is 15.6 Å². The lowest BCUT2D eigenvalue weighted by Gasteiger charge is -2.16. The predicted octanol–water partition coefficient (Wildman–Crippen LogP) is 2.93. The highest BCUT2D eigenvalue weighted by Crippen LogP contribution is 2.25. The number of rotatable bonds is 5. The van der Waals surface area contributed by atoms with Crippen molar-refractivity contribution < 1.29 is 22.7 Å². The zero-order valence-electron chi connectivity index (χ0n) is 15.5. The van der Waals surface area contributed by atoms with Gasteiger partial charge in [0.25, 0.3) is 5.56 Å². The van der Waals surface area contributed by atoms with Crippen molar-refractivity contribution >= 4 is 29.1 Å². The third-order valence-corrected chi connectivity index (χ3v) is 5.47. The fourth-order valence-electron chi connectivity index (χ4n) is 3.31. The van der Waals surface area contributed by atoms with Crippen LogP contribution in [0.4, 0.5) is 18.9 Å². The molecule has 30 heavy (non-hydrogen) atoms. The predicted molar refractivity (Wildman–Crippen MR) is 103 cm³/mol. The number of aromatic nitrogens is 4. The van der Waals surface area contributed by atoms with Gasteiger partial charge in [-0.3, -0.25) is 19.0 Å². The van der Waals surface area contributed by atoms with E-state index in [-0.39, 0.29) is 23.0 Å². The number of hydrogen-bond acceptors (Lipinski definition) is 6. The van der Waals surface area contributed by atoms with Crippen molar-refractivity contribution in [1.82, 2.24) is 19.6 Å². The summed E-state index contributed by atoms with van der Waals surface area (Å²) in [5.41, 5.74) is 1.77. The topological polar surface area (TPSA) is 101 Å². The minimum atomic E-state index is -4.77. The molecule has 1 aromatic carbocycles. The van der Waals surface area contributed by atoms with Gasteiger partial charge in [-0.05, 0) is 49.9 Å². The van der Waals surface area contributed by atoms with E-state index in [1.165, 1.54) is 12.1 Å². The second kappa shape index (κ2) is 8.01. The Kier molecular flexibility index (Phi) is 5.41. The van der Waals surface area contributed by atoms with Gasteiger partial charge in [-0.25, -0.2) is 0 Å². The van der Waals surface area contributed by atoms with E-state index in [1.807, 2.05) is 0 Å². The number of anilines is 1. The number of H-pyrrole nitrogens is 1. The van der Waals surface area contributed by atoms with Crippen molar-refractivity contribution in [3.63, 3.8) is 0 Å². The summed E-state index contributed by atoms with van der Waals surface area (Å²) in [5.74, 6) is -0.387. The fourth-order valence-corrected chi connectivity index (χ4v) is 4.07. The van der Waals surface area contributed by atoms with Gasteiger partial charge in [-0.2, -0.15) is 0 Å². The Hall–Kier alpha value is -3.02. The molecule has 12 heteroatoms. The van der Waals surface area contributed by atoms with E-state index in [2.05, 4.69) is 25.2 Å². The molecule has 158 valence electrons. The van der Waals surface area contributed by atoms with Crippen LogP contribution in [-0.2, 0) is 17.6 Å². The van der Waals surface area contributed by atoms with E-state index in [4.69, 9.17) is 0 Å². The van der Waals surface area contributed by atoms with Crippen molar-refractivity contribution in [2.45, 2.75) is 37.2 Å². The average molecular weight is 439 g/mol. The average Bonchev–Trinajstić information content (AvgIpc) is 3.10. The molecule has 1 aliphatic rings. The summed E-state index contributed by atoms with van der Waals surface area (Å²) in [4.78, 5) is 27.1. The van der Waals surface area contributed by atoms with Crippen LogP contribution >= 0.6 is 11.8 Å². The van der Waals surface area contributed by atoms with Gasteiger partial charge >= 0.3 is 6.36 Å². The van der Waals surface area contributed by atoms with Gasteiger partial charge < -0.3 is 10.1 Å². The summed E-state index contributed by atoms with van der Waals surface area (Å²) in [7, 11) is 0.